The summed E-state index contributed by atoms with van der Waals surface area (Å²) in [5.74, 6) is -3.12. The van der Waals surface area contributed by atoms with Crippen LogP contribution in [0, 0.1) is 17.8 Å². The van der Waals surface area contributed by atoms with Crippen molar-refractivity contribution in [2.45, 2.75) is 108 Å². The van der Waals surface area contributed by atoms with E-state index < -0.39 is 47.7 Å². The molecular weight excluding hydrogens is 606 g/mol. The van der Waals surface area contributed by atoms with Gasteiger partial charge in [-0.1, -0.05) is 61.2 Å². The maximum Gasteiger partial charge on any atom is 0.313 e. The molecular formula is C31H44BrN3O7. The molecule has 11 heteroatoms. The number of likely N-dealkylation sites (tertiary alicyclic amines) is 1. The van der Waals surface area contributed by atoms with Crippen LogP contribution in [-0.2, 0) is 28.7 Å². The minimum Gasteiger partial charge on any atom is -0.460 e. The lowest BCUT2D eigenvalue weighted by atomic mass is 9.74. The van der Waals surface area contributed by atoms with Crippen LogP contribution >= 0.6 is 15.9 Å². The molecule has 4 aliphatic heterocycles. The van der Waals surface area contributed by atoms with Crippen LogP contribution in [0.2, 0.25) is 0 Å². The van der Waals surface area contributed by atoms with Gasteiger partial charge in [0.1, 0.15) is 29.8 Å². The van der Waals surface area contributed by atoms with Gasteiger partial charge in [0, 0.05) is 23.5 Å². The van der Waals surface area contributed by atoms with Gasteiger partial charge in [-0.3, -0.25) is 19.2 Å². The zero-order chi connectivity index (χ0) is 30.2. The van der Waals surface area contributed by atoms with E-state index in [4.69, 9.17) is 9.47 Å². The molecule has 42 heavy (non-hydrogen) atoms. The fourth-order valence-corrected chi connectivity index (χ4v) is 8.31. The summed E-state index contributed by atoms with van der Waals surface area (Å²) in [6.45, 7) is 5.91. The molecule has 7 atom stereocenters. The number of nitrogens with zero attached hydrogens (tertiary/aromatic N) is 2. The number of hydrogen-bond donors (Lipinski definition) is 2. The highest BCUT2D eigenvalue weighted by atomic mass is 79.9. The van der Waals surface area contributed by atoms with Gasteiger partial charge < -0.3 is 29.7 Å². The highest BCUT2D eigenvalue weighted by Crippen LogP contribution is 2.59. The van der Waals surface area contributed by atoms with E-state index in [0.717, 1.165) is 32.1 Å². The Morgan fingerprint density at radius 1 is 1.12 bits per heavy atom. The van der Waals surface area contributed by atoms with Gasteiger partial charge in [-0.15, -0.1) is 0 Å². The number of cyclic esters (lactones) is 1. The molecule has 0 aromatic rings. The Kier molecular flexibility index (Phi) is 9.49. The van der Waals surface area contributed by atoms with E-state index in [0.29, 0.717) is 23.9 Å². The number of esters is 1. The van der Waals surface area contributed by atoms with Gasteiger partial charge in [-0.25, -0.2) is 0 Å². The van der Waals surface area contributed by atoms with Gasteiger partial charge in [-0.2, -0.15) is 0 Å². The first-order valence-electron chi connectivity index (χ1n) is 15.5. The largest absolute Gasteiger partial charge is 0.460 e. The SMILES string of the molecule is CC(C)C[C@H](CO)N1C(=O)[C@H]2[C@@H]3C(=O)O[C@H](C)CNC(=O)CC/C=C\CN(C4CCCCC4)C(=O)[C@H]1[C@@]21C=C(Br)[C@@H]3O1. The van der Waals surface area contributed by atoms with Crippen molar-refractivity contribution in [2.24, 2.45) is 17.8 Å². The average Bonchev–Trinajstić information content (AvgIpc) is 3.55. The summed E-state index contributed by atoms with van der Waals surface area (Å²) in [6.07, 6.45) is 10.5. The number of amides is 3. The van der Waals surface area contributed by atoms with E-state index in [2.05, 4.69) is 21.2 Å². The highest BCUT2D eigenvalue weighted by molar-refractivity contribution is 9.11. The molecule has 2 saturated heterocycles. The lowest BCUT2D eigenvalue weighted by Gasteiger charge is -2.42. The molecule has 0 aromatic carbocycles. The summed E-state index contributed by atoms with van der Waals surface area (Å²) in [6, 6.07) is -1.65. The number of aliphatic hydroxyl groups is 1. The van der Waals surface area contributed by atoms with Crippen molar-refractivity contribution in [1.82, 2.24) is 15.1 Å². The Balaban J connectivity index is 1.62. The molecule has 2 N–H and O–H groups in total. The molecule has 5 aliphatic rings. The molecule has 1 aliphatic carbocycles. The zero-order valence-electron chi connectivity index (χ0n) is 24.8. The van der Waals surface area contributed by atoms with Gasteiger partial charge in [0.05, 0.1) is 25.1 Å². The second kappa shape index (κ2) is 12.8. The van der Waals surface area contributed by atoms with E-state index in [9.17, 15) is 24.3 Å². The van der Waals surface area contributed by atoms with Crippen molar-refractivity contribution in [3.63, 3.8) is 0 Å². The summed E-state index contributed by atoms with van der Waals surface area (Å²) in [5.41, 5.74) is -1.37. The lowest BCUT2D eigenvalue weighted by molar-refractivity contribution is -0.159. The second-order valence-corrected chi connectivity index (χ2v) is 13.8. The van der Waals surface area contributed by atoms with E-state index in [1.165, 1.54) is 4.90 Å². The summed E-state index contributed by atoms with van der Waals surface area (Å²) in [5, 5.41) is 13.4. The van der Waals surface area contributed by atoms with Crippen LogP contribution < -0.4 is 5.32 Å². The fraction of sp³-hybridized carbons (Fsp3) is 0.742. The van der Waals surface area contributed by atoms with Crippen molar-refractivity contribution in [2.75, 3.05) is 19.7 Å². The van der Waals surface area contributed by atoms with E-state index in [1.807, 2.05) is 37.0 Å². The number of carbonyl (C=O) groups excluding carboxylic acids is 4. The summed E-state index contributed by atoms with van der Waals surface area (Å²) < 4.78 is 13.0. The van der Waals surface area contributed by atoms with E-state index in [1.54, 1.807) is 6.92 Å². The van der Waals surface area contributed by atoms with Crippen LogP contribution in [0.1, 0.15) is 72.1 Å². The molecule has 1 saturated carbocycles. The first-order valence-corrected chi connectivity index (χ1v) is 16.3. The summed E-state index contributed by atoms with van der Waals surface area (Å²) in [4.78, 5) is 58.8. The van der Waals surface area contributed by atoms with E-state index >= 15 is 0 Å². The molecule has 3 fully saturated rings. The highest BCUT2D eigenvalue weighted by Gasteiger charge is 2.75. The Bertz CT molecular complexity index is 1140. The van der Waals surface area contributed by atoms with Gasteiger partial charge in [0.15, 0.2) is 0 Å². The third kappa shape index (κ3) is 5.68. The number of hydrogen-bond acceptors (Lipinski definition) is 7. The molecule has 10 nitrogen and oxygen atoms in total. The normalized spacial score (nSPS) is 36.1. The lowest BCUT2D eigenvalue weighted by Crippen LogP contribution is -2.60. The van der Waals surface area contributed by atoms with Crippen LogP contribution in [0.15, 0.2) is 22.7 Å². The van der Waals surface area contributed by atoms with Crippen molar-refractivity contribution in [3.05, 3.63) is 22.7 Å². The minimum absolute atomic E-state index is 0.000931. The number of carbonyl (C=O) groups is 4. The predicted molar refractivity (Wildman–Crippen MR) is 158 cm³/mol. The molecule has 5 rings (SSSR count). The number of fused-ring (bicyclic) bond motifs is 2. The van der Waals surface area contributed by atoms with E-state index in [-0.39, 0.29) is 49.3 Å². The monoisotopic (exact) mass is 649 g/mol. The smallest absolute Gasteiger partial charge is 0.313 e. The van der Waals surface area contributed by atoms with Crippen LogP contribution in [0.5, 0.6) is 0 Å². The minimum atomic E-state index is -1.37. The van der Waals surface area contributed by atoms with Crippen molar-refractivity contribution >= 4 is 39.6 Å². The van der Waals surface area contributed by atoms with Crippen molar-refractivity contribution in [3.8, 4) is 0 Å². The first kappa shape index (κ1) is 31.2. The van der Waals surface area contributed by atoms with Crippen LogP contribution in [0.4, 0.5) is 0 Å². The molecule has 0 radical (unpaired) electrons. The third-order valence-electron chi connectivity index (χ3n) is 9.43. The van der Waals surface area contributed by atoms with Gasteiger partial charge in [0.25, 0.3) is 0 Å². The van der Waals surface area contributed by atoms with Gasteiger partial charge in [-0.05, 0) is 44.6 Å². The Labute approximate surface area is 256 Å². The number of rotatable bonds is 5. The molecule has 0 unspecified atom stereocenters. The quantitative estimate of drug-likeness (QED) is 0.347. The summed E-state index contributed by atoms with van der Waals surface area (Å²) in [7, 11) is 0. The number of halogens is 1. The third-order valence-corrected chi connectivity index (χ3v) is 10.1. The molecule has 4 heterocycles. The number of aliphatic hydroxyl groups excluding tert-OH is 1. The Morgan fingerprint density at radius 3 is 2.55 bits per heavy atom. The fourth-order valence-electron chi connectivity index (χ4n) is 7.57. The standard InChI is InChI=1S/C31H44BrN3O7/c1-18(2)14-21(17-36)35-27-29(39)34(20-10-6-4-7-11-20)13-9-5-8-12-23(37)33-16-19(3)41-30(40)24-25(28(35)38)31(27)15-22(32)26(24)42-31/h5,9,15,18-21,24-27,36H,4,6-8,10-14,16-17H2,1-3H3,(H,33,37)/b9-5-/t19-,21-,24+,25-,26+,27+,31-/m1/s1. The number of ether oxygens (including phenoxy) is 2. The maximum atomic E-state index is 14.9. The van der Waals surface area contributed by atoms with Crippen LogP contribution in [0.25, 0.3) is 0 Å². The van der Waals surface area contributed by atoms with Crippen molar-refractivity contribution in [1.29, 1.82) is 0 Å². The second-order valence-electron chi connectivity index (χ2n) is 12.9. The van der Waals surface area contributed by atoms with Gasteiger partial charge in [0.2, 0.25) is 17.7 Å². The maximum absolute atomic E-state index is 14.9. The van der Waals surface area contributed by atoms with Crippen LogP contribution in [0.3, 0.4) is 0 Å². The Hall–Kier alpha value is -2.24. The molecule has 5 bridgehead atoms. The van der Waals surface area contributed by atoms with Crippen LogP contribution in [-0.4, -0.2) is 94.2 Å². The topological polar surface area (TPSA) is 125 Å². The molecule has 1 spiro atoms. The number of nitrogens with one attached hydrogen (secondary N) is 1. The van der Waals surface area contributed by atoms with Crippen molar-refractivity contribution < 1.29 is 33.8 Å². The molecule has 232 valence electrons. The molecule has 0 aromatic heterocycles. The zero-order valence-corrected chi connectivity index (χ0v) is 26.4. The summed E-state index contributed by atoms with van der Waals surface area (Å²) >= 11 is 3.58. The number of allylic oxidation sites excluding steroid dienone is 1. The Morgan fingerprint density at radius 2 is 1.86 bits per heavy atom. The first-order chi connectivity index (χ1) is 20.1. The van der Waals surface area contributed by atoms with Gasteiger partial charge >= 0.3 is 5.97 Å². The molecule has 3 amide bonds. The average molecular weight is 651 g/mol. The predicted octanol–water partition coefficient (Wildman–Crippen LogP) is 2.83.